The smallest absolute Gasteiger partial charge is 0.185 e. The summed E-state index contributed by atoms with van der Waals surface area (Å²) in [7, 11) is 0. The van der Waals surface area contributed by atoms with E-state index in [0.717, 1.165) is 39.3 Å². The molecular formula is C12H22N4S. The average Bonchev–Trinajstić information content (AvgIpc) is 2.54. The van der Waals surface area contributed by atoms with E-state index in [-0.39, 0.29) is 0 Å². The van der Waals surface area contributed by atoms with Crippen LogP contribution in [0.25, 0.3) is 0 Å². The monoisotopic (exact) mass is 254 g/mol. The van der Waals surface area contributed by atoms with E-state index in [2.05, 4.69) is 28.6 Å². The Morgan fingerprint density at radius 1 is 1.24 bits per heavy atom. The molecule has 1 aromatic rings. The standard InChI is InChI=1S/C12H22N4S/c1-10-11(2)17-12(14-10)16-6-3-5-15(7-4-13)8-9-16/h3-9,13H2,1-2H3. The predicted molar refractivity (Wildman–Crippen MR) is 73.9 cm³/mol. The number of hydrogen-bond acceptors (Lipinski definition) is 5. The van der Waals surface area contributed by atoms with Crippen LogP contribution in [0.2, 0.25) is 0 Å². The van der Waals surface area contributed by atoms with E-state index in [1.807, 2.05) is 11.3 Å². The van der Waals surface area contributed by atoms with E-state index in [0.29, 0.717) is 0 Å². The summed E-state index contributed by atoms with van der Waals surface area (Å²) in [4.78, 5) is 10.9. The second-order valence-corrected chi connectivity index (χ2v) is 5.79. The normalized spacial score (nSPS) is 18.4. The second-order valence-electron chi connectivity index (χ2n) is 4.61. The Morgan fingerprint density at radius 2 is 2.06 bits per heavy atom. The van der Waals surface area contributed by atoms with Crippen molar-refractivity contribution in [2.75, 3.05) is 44.2 Å². The fourth-order valence-electron chi connectivity index (χ4n) is 2.16. The van der Waals surface area contributed by atoms with Gasteiger partial charge in [-0.25, -0.2) is 4.98 Å². The molecule has 2 heterocycles. The van der Waals surface area contributed by atoms with Crippen LogP contribution in [0.3, 0.4) is 0 Å². The minimum atomic E-state index is 0.759. The molecule has 1 fully saturated rings. The Morgan fingerprint density at radius 3 is 2.71 bits per heavy atom. The first-order valence-corrected chi connectivity index (χ1v) is 7.13. The van der Waals surface area contributed by atoms with Crippen molar-refractivity contribution in [3.63, 3.8) is 0 Å². The van der Waals surface area contributed by atoms with Crippen molar-refractivity contribution < 1.29 is 0 Å². The maximum Gasteiger partial charge on any atom is 0.185 e. The van der Waals surface area contributed by atoms with Gasteiger partial charge in [0, 0.05) is 37.6 Å². The Kier molecular flexibility index (Phi) is 4.36. The van der Waals surface area contributed by atoms with E-state index in [1.54, 1.807) is 0 Å². The highest BCUT2D eigenvalue weighted by molar-refractivity contribution is 7.15. The Bertz CT molecular complexity index is 344. The largest absolute Gasteiger partial charge is 0.347 e. The van der Waals surface area contributed by atoms with Gasteiger partial charge >= 0.3 is 0 Å². The quantitative estimate of drug-likeness (QED) is 0.881. The van der Waals surface area contributed by atoms with Gasteiger partial charge in [0.2, 0.25) is 0 Å². The van der Waals surface area contributed by atoms with Crippen molar-refractivity contribution in [2.45, 2.75) is 20.3 Å². The molecule has 0 amide bonds. The number of anilines is 1. The molecule has 0 radical (unpaired) electrons. The van der Waals surface area contributed by atoms with Gasteiger partial charge in [-0.1, -0.05) is 0 Å². The summed E-state index contributed by atoms with van der Waals surface area (Å²) in [5.74, 6) is 0. The molecule has 0 saturated carbocycles. The number of aromatic nitrogens is 1. The van der Waals surface area contributed by atoms with Crippen molar-refractivity contribution >= 4 is 16.5 Å². The minimum Gasteiger partial charge on any atom is -0.347 e. The summed E-state index contributed by atoms with van der Waals surface area (Å²) < 4.78 is 0. The van der Waals surface area contributed by atoms with E-state index >= 15 is 0 Å². The lowest BCUT2D eigenvalue weighted by molar-refractivity contribution is 0.302. The number of thiazole rings is 1. The van der Waals surface area contributed by atoms with Gasteiger partial charge in [-0.15, -0.1) is 11.3 Å². The van der Waals surface area contributed by atoms with E-state index in [1.165, 1.54) is 22.1 Å². The zero-order valence-corrected chi connectivity index (χ0v) is 11.6. The molecule has 4 nitrogen and oxygen atoms in total. The van der Waals surface area contributed by atoms with Gasteiger partial charge in [-0.05, 0) is 26.8 Å². The highest BCUT2D eigenvalue weighted by Crippen LogP contribution is 2.25. The van der Waals surface area contributed by atoms with Crippen molar-refractivity contribution in [1.29, 1.82) is 0 Å². The molecule has 5 heteroatoms. The minimum absolute atomic E-state index is 0.759. The van der Waals surface area contributed by atoms with Gasteiger partial charge in [0.05, 0.1) is 5.69 Å². The van der Waals surface area contributed by atoms with E-state index in [9.17, 15) is 0 Å². The summed E-state index contributed by atoms with van der Waals surface area (Å²) in [6.07, 6.45) is 1.21. The number of rotatable bonds is 3. The van der Waals surface area contributed by atoms with Gasteiger partial charge in [0.1, 0.15) is 0 Å². The summed E-state index contributed by atoms with van der Waals surface area (Å²) in [5.41, 5.74) is 6.79. The van der Waals surface area contributed by atoms with Crippen LogP contribution in [0.5, 0.6) is 0 Å². The molecule has 0 unspecified atom stereocenters. The van der Waals surface area contributed by atoms with Gasteiger partial charge in [-0.2, -0.15) is 0 Å². The summed E-state index contributed by atoms with van der Waals surface area (Å²) >= 11 is 1.82. The highest BCUT2D eigenvalue weighted by Gasteiger charge is 2.17. The molecular weight excluding hydrogens is 232 g/mol. The molecule has 2 N–H and O–H groups in total. The van der Waals surface area contributed by atoms with Crippen molar-refractivity contribution in [2.24, 2.45) is 5.73 Å². The maximum absolute atomic E-state index is 5.61. The summed E-state index contributed by atoms with van der Waals surface area (Å²) in [6, 6.07) is 0. The van der Waals surface area contributed by atoms with Crippen LogP contribution in [-0.4, -0.2) is 49.2 Å². The molecule has 17 heavy (non-hydrogen) atoms. The number of nitrogens with two attached hydrogens (primary N) is 1. The SMILES string of the molecule is Cc1nc(N2CCCN(CCN)CC2)sc1C. The van der Waals surface area contributed by atoms with Crippen LogP contribution >= 0.6 is 11.3 Å². The zero-order valence-electron chi connectivity index (χ0n) is 10.8. The van der Waals surface area contributed by atoms with Gasteiger partial charge < -0.3 is 15.5 Å². The first-order valence-electron chi connectivity index (χ1n) is 6.32. The molecule has 2 rings (SSSR count). The number of nitrogens with zero attached hydrogens (tertiary/aromatic N) is 3. The first-order chi connectivity index (χ1) is 8.20. The zero-order chi connectivity index (χ0) is 12.3. The summed E-state index contributed by atoms with van der Waals surface area (Å²) in [5, 5.41) is 1.19. The van der Waals surface area contributed by atoms with Crippen LogP contribution in [-0.2, 0) is 0 Å². The second kappa shape index (κ2) is 5.80. The molecule has 1 aliphatic rings. The van der Waals surface area contributed by atoms with Crippen LogP contribution in [0, 0.1) is 13.8 Å². The highest BCUT2D eigenvalue weighted by atomic mass is 32.1. The third kappa shape index (κ3) is 3.18. The molecule has 1 aliphatic heterocycles. The molecule has 1 aromatic heterocycles. The molecule has 0 aromatic carbocycles. The van der Waals surface area contributed by atoms with Gasteiger partial charge in [-0.3, -0.25) is 0 Å². The number of aryl methyl sites for hydroxylation is 2. The maximum atomic E-state index is 5.61. The number of hydrogen-bond donors (Lipinski definition) is 1. The lowest BCUT2D eigenvalue weighted by Gasteiger charge is -2.20. The van der Waals surface area contributed by atoms with Crippen LogP contribution < -0.4 is 10.6 Å². The molecule has 1 saturated heterocycles. The lowest BCUT2D eigenvalue weighted by Crippen LogP contribution is -2.33. The van der Waals surface area contributed by atoms with E-state index < -0.39 is 0 Å². The van der Waals surface area contributed by atoms with Crippen molar-refractivity contribution in [1.82, 2.24) is 9.88 Å². The third-order valence-electron chi connectivity index (χ3n) is 3.32. The Balaban J connectivity index is 1.98. The Hall–Kier alpha value is -0.650. The first kappa shape index (κ1) is 12.8. The lowest BCUT2D eigenvalue weighted by atomic mass is 10.4. The predicted octanol–water partition coefficient (Wildman–Crippen LogP) is 1.23. The molecule has 0 spiro atoms. The molecule has 0 aliphatic carbocycles. The topological polar surface area (TPSA) is 45.4 Å². The van der Waals surface area contributed by atoms with E-state index in [4.69, 9.17) is 5.73 Å². The van der Waals surface area contributed by atoms with Gasteiger partial charge in [0.25, 0.3) is 0 Å². The molecule has 96 valence electrons. The summed E-state index contributed by atoms with van der Waals surface area (Å²) in [6.45, 7) is 10.5. The molecule has 0 atom stereocenters. The van der Waals surface area contributed by atoms with Crippen LogP contribution in [0.1, 0.15) is 17.0 Å². The fraction of sp³-hybridized carbons (Fsp3) is 0.750. The third-order valence-corrected chi connectivity index (χ3v) is 4.46. The fourth-order valence-corrected chi connectivity index (χ4v) is 3.12. The van der Waals surface area contributed by atoms with Crippen LogP contribution in [0.15, 0.2) is 0 Å². The Labute approximate surface area is 107 Å². The van der Waals surface area contributed by atoms with Gasteiger partial charge in [0.15, 0.2) is 5.13 Å². The average molecular weight is 254 g/mol. The van der Waals surface area contributed by atoms with Crippen LogP contribution in [0.4, 0.5) is 5.13 Å². The molecule has 0 bridgehead atoms. The van der Waals surface area contributed by atoms with Crippen molar-refractivity contribution in [3.05, 3.63) is 10.6 Å². The van der Waals surface area contributed by atoms with Crippen molar-refractivity contribution in [3.8, 4) is 0 Å².